The summed E-state index contributed by atoms with van der Waals surface area (Å²) in [6.07, 6.45) is 4.66. The van der Waals surface area contributed by atoms with Gasteiger partial charge in [-0.15, -0.1) is 5.10 Å². The minimum atomic E-state index is -1.06. The van der Waals surface area contributed by atoms with Gasteiger partial charge in [-0.1, -0.05) is 48.5 Å². The summed E-state index contributed by atoms with van der Waals surface area (Å²) >= 11 is 0. The molecule has 5 aromatic rings. The van der Waals surface area contributed by atoms with Crippen LogP contribution >= 0.6 is 0 Å². The molecule has 3 heterocycles. The van der Waals surface area contributed by atoms with Crippen LogP contribution in [-0.2, 0) is 24.9 Å². The zero-order valence-electron chi connectivity index (χ0n) is 25.8. The molecule has 0 fully saturated rings. The number of pyridine rings is 1. The second-order valence-electron chi connectivity index (χ2n) is 12.5. The Bertz CT molecular complexity index is 1840. The second-order valence-corrected chi connectivity index (χ2v) is 12.5. The van der Waals surface area contributed by atoms with E-state index in [1.54, 1.807) is 4.68 Å². The number of hydrogen-bond donors (Lipinski definition) is 1. The van der Waals surface area contributed by atoms with Gasteiger partial charge in [-0.05, 0) is 79.5 Å². The van der Waals surface area contributed by atoms with Gasteiger partial charge in [-0.3, -0.25) is 14.7 Å². The number of aromatic nitrogens is 4. The average Bonchev–Trinajstić information content (AvgIpc) is 3.26. The number of fused-ring (bicyclic) bond motifs is 4. The molecule has 0 saturated carbocycles. The molecule has 2 atom stereocenters. The van der Waals surface area contributed by atoms with Crippen molar-refractivity contribution in [3.8, 4) is 5.75 Å². The van der Waals surface area contributed by atoms with E-state index in [1.165, 1.54) is 11.1 Å². The lowest BCUT2D eigenvalue weighted by molar-refractivity contribution is -0.147. The molecule has 3 aromatic carbocycles. The molecule has 43 heavy (non-hydrogen) atoms. The Morgan fingerprint density at radius 1 is 1.14 bits per heavy atom. The Balaban J connectivity index is 1.40. The molecule has 1 aliphatic rings. The summed E-state index contributed by atoms with van der Waals surface area (Å²) < 4.78 is 8.35. The topological polar surface area (TPSA) is 93.4 Å². The van der Waals surface area contributed by atoms with Gasteiger partial charge in [0.2, 0.25) is 0 Å². The van der Waals surface area contributed by atoms with E-state index in [9.17, 15) is 9.90 Å². The second kappa shape index (κ2) is 11.1. The molecule has 8 heteroatoms. The van der Waals surface area contributed by atoms with Gasteiger partial charge in [0.05, 0.1) is 10.9 Å². The smallest absolute Gasteiger partial charge is 0.310 e. The Kier molecular flexibility index (Phi) is 7.42. The van der Waals surface area contributed by atoms with Gasteiger partial charge >= 0.3 is 5.97 Å². The van der Waals surface area contributed by atoms with Crippen LogP contribution in [0.5, 0.6) is 5.75 Å². The summed E-state index contributed by atoms with van der Waals surface area (Å²) in [7, 11) is 1.87. The summed E-state index contributed by atoms with van der Waals surface area (Å²) in [5.74, 6) is -0.290. The summed E-state index contributed by atoms with van der Waals surface area (Å²) in [5, 5.41) is 21.2. The number of carbonyl (C=O) groups is 1. The highest BCUT2D eigenvalue weighted by Gasteiger charge is 2.40. The molecule has 0 radical (unpaired) electrons. The Morgan fingerprint density at radius 3 is 2.72 bits per heavy atom. The molecule has 1 N–H and O–H groups in total. The summed E-state index contributed by atoms with van der Waals surface area (Å²) in [4.78, 5) is 19.5. The number of carboxylic acid groups (broad SMARTS) is 1. The molecule has 1 aliphatic heterocycles. The number of ether oxygens (including phenoxy) is 1. The number of nitrogens with zero attached hydrogens (tertiary/aromatic N) is 5. The molecular formula is C35H39N5O3. The zero-order valence-corrected chi connectivity index (χ0v) is 25.8. The summed E-state index contributed by atoms with van der Waals surface area (Å²) in [6.45, 7) is 12.2. The molecule has 0 aliphatic carbocycles. The highest BCUT2D eigenvalue weighted by atomic mass is 16.5. The monoisotopic (exact) mass is 577 g/mol. The van der Waals surface area contributed by atoms with E-state index < -0.39 is 11.4 Å². The first-order valence-corrected chi connectivity index (χ1v) is 14.9. The van der Waals surface area contributed by atoms with E-state index in [2.05, 4.69) is 64.4 Å². The van der Waals surface area contributed by atoms with Crippen LogP contribution in [0.3, 0.4) is 0 Å². The van der Waals surface area contributed by atoms with Crippen molar-refractivity contribution in [1.29, 1.82) is 0 Å². The highest BCUT2D eigenvalue weighted by Crippen LogP contribution is 2.44. The minimum absolute atomic E-state index is 0.0515. The van der Waals surface area contributed by atoms with Crippen LogP contribution in [0.4, 0.5) is 0 Å². The molecule has 0 bridgehead atoms. The summed E-state index contributed by atoms with van der Waals surface area (Å²) in [5.41, 5.74) is 7.08. The molecular weight excluding hydrogens is 538 g/mol. The van der Waals surface area contributed by atoms with Gasteiger partial charge < -0.3 is 9.84 Å². The van der Waals surface area contributed by atoms with Crippen molar-refractivity contribution < 1.29 is 14.6 Å². The van der Waals surface area contributed by atoms with Crippen molar-refractivity contribution >= 4 is 27.8 Å². The number of rotatable bonds is 7. The SMILES string of the molecule is CC[C@@H]1CN(Cc2cc(C(c3ccc4c(nnn4C)c3C)C(C)(C)C(=O)O)ccc2C)Cc2ccc3ccncc3c2O1. The molecule has 6 rings (SSSR count). The third-order valence-electron chi connectivity index (χ3n) is 9.21. The van der Waals surface area contributed by atoms with E-state index in [0.717, 1.165) is 75.9 Å². The Labute approximate surface area is 252 Å². The number of aryl methyl sites for hydroxylation is 3. The highest BCUT2D eigenvalue weighted by molar-refractivity contribution is 5.89. The lowest BCUT2D eigenvalue weighted by atomic mass is 9.69. The fraction of sp³-hybridized carbons (Fsp3) is 0.371. The molecule has 0 amide bonds. The molecule has 222 valence electrons. The zero-order chi connectivity index (χ0) is 30.5. The van der Waals surface area contributed by atoms with Gasteiger partial charge in [0.15, 0.2) is 0 Å². The van der Waals surface area contributed by atoms with Crippen LogP contribution in [0.25, 0.3) is 21.8 Å². The van der Waals surface area contributed by atoms with Crippen LogP contribution in [0, 0.1) is 19.3 Å². The van der Waals surface area contributed by atoms with Gasteiger partial charge in [0, 0.05) is 55.9 Å². The van der Waals surface area contributed by atoms with Crippen molar-refractivity contribution in [3.05, 3.63) is 94.3 Å². The lowest BCUT2D eigenvalue weighted by Crippen LogP contribution is -2.33. The first-order chi connectivity index (χ1) is 20.6. The van der Waals surface area contributed by atoms with E-state index in [-0.39, 0.29) is 12.0 Å². The predicted molar refractivity (Wildman–Crippen MR) is 168 cm³/mol. The largest absolute Gasteiger partial charge is 0.488 e. The van der Waals surface area contributed by atoms with Crippen molar-refractivity contribution in [1.82, 2.24) is 24.9 Å². The van der Waals surface area contributed by atoms with E-state index >= 15 is 0 Å². The maximum absolute atomic E-state index is 12.7. The fourth-order valence-electron chi connectivity index (χ4n) is 6.53. The standard InChI is InChI=1S/C35H39N5O3/c1-7-27-20-40(18-25-11-10-23-14-15-36-17-29(23)33(25)43-27)19-26-16-24(9-8-21(26)2)31(35(4,5)34(41)42)28-12-13-30-32(22(28)3)37-38-39(30)6/h8-17,27,31H,7,18-20H2,1-6H3,(H,41,42)/t27-,31?/m1/s1. The van der Waals surface area contributed by atoms with Crippen LogP contribution in [0.2, 0.25) is 0 Å². The first-order valence-electron chi connectivity index (χ1n) is 14.9. The van der Waals surface area contributed by atoms with E-state index in [1.807, 2.05) is 58.4 Å². The van der Waals surface area contributed by atoms with E-state index in [0.29, 0.717) is 0 Å². The van der Waals surface area contributed by atoms with Crippen molar-refractivity contribution in [2.75, 3.05) is 6.54 Å². The fourth-order valence-corrected chi connectivity index (χ4v) is 6.53. The third-order valence-corrected chi connectivity index (χ3v) is 9.21. The van der Waals surface area contributed by atoms with Crippen molar-refractivity contribution in [3.63, 3.8) is 0 Å². The van der Waals surface area contributed by atoms with Crippen LogP contribution in [0.1, 0.15) is 66.5 Å². The van der Waals surface area contributed by atoms with Crippen LogP contribution in [-0.4, -0.2) is 48.6 Å². The van der Waals surface area contributed by atoms with Crippen molar-refractivity contribution in [2.24, 2.45) is 12.5 Å². The normalized spacial score (nSPS) is 16.6. The maximum atomic E-state index is 12.7. The van der Waals surface area contributed by atoms with Gasteiger partial charge in [-0.25, -0.2) is 4.68 Å². The molecule has 2 aromatic heterocycles. The molecule has 1 unspecified atom stereocenters. The number of hydrogen-bond acceptors (Lipinski definition) is 6. The quantitative estimate of drug-likeness (QED) is 0.234. The maximum Gasteiger partial charge on any atom is 0.310 e. The number of carboxylic acids is 1. The molecule has 8 nitrogen and oxygen atoms in total. The van der Waals surface area contributed by atoms with Gasteiger partial charge in [0.25, 0.3) is 0 Å². The summed E-state index contributed by atoms with van der Waals surface area (Å²) in [6, 6.07) is 16.8. The van der Waals surface area contributed by atoms with Gasteiger partial charge in [0.1, 0.15) is 17.4 Å². The van der Waals surface area contributed by atoms with Gasteiger partial charge in [-0.2, -0.15) is 0 Å². The van der Waals surface area contributed by atoms with Crippen molar-refractivity contribution in [2.45, 2.75) is 66.2 Å². The Morgan fingerprint density at radius 2 is 1.95 bits per heavy atom. The average molecular weight is 578 g/mol. The minimum Gasteiger partial charge on any atom is -0.488 e. The lowest BCUT2D eigenvalue weighted by Gasteiger charge is -2.33. The van der Waals surface area contributed by atoms with E-state index in [4.69, 9.17) is 4.74 Å². The Hall–Kier alpha value is -4.30. The number of aliphatic carboxylic acids is 1. The van der Waals surface area contributed by atoms with Crippen LogP contribution < -0.4 is 4.74 Å². The predicted octanol–water partition coefficient (Wildman–Crippen LogP) is 6.55. The molecule has 0 spiro atoms. The molecule has 0 saturated heterocycles. The third kappa shape index (κ3) is 5.14. The number of benzene rings is 3. The van der Waals surface area contributed by atoms with Crippen LogP contribution in [0.15, 0.2) is 60.9 Å². The first kappa shape index (κ1) is 28.8.